The monoisotopic (exact) mass is 502 g/mol. The van der Waals surface area contributed by atoms with E-state index >= 15 is 0 Å². The molecular formula is C24H30N4O4S2. The lowest BCUT2D eigenvalue weighted by molar-refractivity contribution is -0.166. The molecule has 34 heavy (non-hydrogen) atoms. The molecule has 0 aromatic heterocycles. The van der Waals surface area contributed by atoms with Crippen LogP contribution in [-0.2, 0) is 19.2 Å². The van der Waals surface area contributed by atoms with Crippen molar-refractivity contribution >= 4 is 47.2 Å². The molecule has 2 bridgehead atoms. The van der Waals surface area contributed by atoms with Crippen LogP contribution >= 0.6 is 23.5 Å². The third-order valence-electron chi connectivity index (χ3n) is 9.42. The van der Waals surface area contributed by atoms with Gasteiger partial charge in [-0.3, -0.25) is 38.8 Å². The molecule has 0 spiro atoms. The zero-order valence-electron chi connectivity index (χ0n) is 19.1. The Hall–Kier alpha value is -1.36. The summed E-state index contributed by atoms with van der Waals surface area (Å²) >= 11 is 3.81. The molecule has 8 rings (SSSR count). The highest BCUT2D eigenvalue weighted by Gasteiger charge is 2.75. The predicted molar refractivity (Wildman–Crippen MR) is 128 cm³/mol. The van der Waals surface area contributed by atoms with Gasteiger partial charge >= 0.3 is 0 Å². The Morgan fingerprint density at radius 2 is 0.941 bits per heavy atom. The fourth-order valence-corrected chi connectivity index (χ4v) is 9.85. The molecule has 182 valence electrons. The number of imide groups is 2. The first-order valence-corrected chi connectivity index (χ1v) is 14.9. The van der Waals surface area contributed by atoms with Crippen molar-refractivity contribution in [1.82, 2.24) is 19.6 Å². The number of amides is 4. The smallest absolute Gasteiger partial charge is 0.234 e. The van der Waals surface area contributed by atoms with Gasteiger partial charge in [-0.1, -0.05) is 12.2 Å². The van der Waals surface area contributed by atoms with Gasteiger partial charge in [0.15, 0.2) is 0 Å². The van der Waals surface area contributed by atoms with Crippen LogP contribution < -0.4 is 0 Å². The summed E-state index contributed by atoms with van der Waals surface area (Å²) in [5.41, 5.74) is 0. The van der Waals surface area contributed by atoms with Crippen LogP contribution in [0.25, 0.3) is 0 Å². The molecule has 0 aromatic carbocycles. The summed E-state index contributed by atoms with van der Waals surface area (Å²) in [5.74, 6) is 2.36. The van der Waals surface area contributed by atoms with Crippen molar-refractivity contribution < 1.29 is 19.2 Å². The lowest BCUT2D eigenvalue weighted by atomic mass is 9.40. The minimum Gasteiger partial charge on any atom is -0.284 e. The number of fused-ring (bicyclic) bond motifs is 1. The summed E-state index contributed by atoms with van der Waals surface area (Å²) in [6, 6.07) is 0. The molecule has 6 fully saturated rings. The van der Waals surface area contributed by atoms with Crippen molar-refractivity contribution in [2.75, 3.05) is 62.5 Å². The largest absolute Gasteiger partial charge is 0.284 e. The first-order valence-electron chi connectivity index (χ1n) is 12.6. The van der Waals surface area contributed by atoms with Gasteiger partial charge < -0.3 is 0 Å². The van der Waals surface area contributed by atoms with Gasteiger partial charge in [0.05, 0.1) is 37.0 Å². The highest BCUT2D eigenvalue weighted by atomic mass is 32.2. The van der Waals surface area contributed by atoms with E-state index in [1.807, 2.05) is 23.5 Å². The molecule has 0 radical (unpaired) electrons. The average molecular weight is 503 g/mol. The van der Waals surface area contributed by atoms with E-state index < -0.39 is 0 Å². The first-order chi connectivity index (χ1) is 16.6. The summed E-state index contributed by atoms with van der Waals surface area (Å²) in [7, 11) is 0. The molecule has 8 nitrogen and oxygen atoms in total. The zero-order valence-corrected chi connectivity index (χ0v) is 20.7. The van der Waals surface area contributed by atoms with Crippen LogP contribution in [0.2, 0.25) is 0 Å². The number of nitrogens with zero attached hydrogens (tertiary/aromatic N) is 4. The highest BCUT2D eigenvalue weighted by Crippen LogP contribution is 2.68. The topological polar surface area (TPSA) is 81.2 Å². The molecule has 4 saturated heterocycles. The number of carbonyl (C=O) groups excluding carboxylic acids is 4. The lowest BCUT2D eigenvalue weighted by Crippen LogP contribution is -2.63. The van der Waals surface area contributed by atoms with Crippen molar-refractivity contribution in [3.05, 3.63) is 12.2 Å². The molecule has 2 saturated carbocycles. The van der Waals surface area contributed by atoms with Crippen molar-refractivity contribution in [3.63, 3.8) is 0 Å². The summed E-state index contributed by atoms with van der Waals surface area (Å²) in [6.45, 7) is 4.36. The van der Waals surface area contributed by atoms with Crippen LogP contribution in [0.15, 0.2) is 12.2 Å². The third-order valence-corrected chi connectivity index (χ3v) is 11.3. The van der Waals surface area contributed by atoms with Crippen LogP contribution in [0.3, 0.4) is 0 Å². The van der Waals surface area contributed by atoms with E-state index in [-0.39, 0.29) is 71.0 Å². The second-order valence-electron chi connectivity index (χ2n) is 10.8. The Bertz CT molecular complexity index is 922. The van der Waals surface area contributed by atoms with E-state index in [0.29, 0.717) is 13.3 Å². The van der Waals surface area contributed by atoms with E-state index in [9.17, 15) is 19.2 Å². The minimum atomic E-state index is -0.361. The molecule has 8 aliphatic rings. The fourth-order valence-electron chi connectivity index (χ4n) is 7.89. The van der Waals surface area contributed by atoms with Crippen molar-refractivity contribution in [2.24, 2.45) is 47.3 Å². The summed E-state index contributed by atoms with van der Waals surface area (Å²) < 4.78 is 0. The van der Waals surface area contributed by atoms with Gasteiger partial charge in [0.1, 0.15) is 0 Å². The van der Waals surface area contributed by atoms with Crippen molar-refractivity contribution in [3.8, 4) is 0 Å². The molecule has 4 aliphatic heterocycles. The van der Waals surface area contributed by atoms with Gasteiger partial charge in [0.25, 0.3) is 0 Å². The third kappa shape index (κ3) is 2.94. The SMILES string of the molecule is O=C1[C@@H]2[C@H](C(=O)N1CN1CCSCC1)[C@@H]1[C@@H]3C=C[C@@H]([C@@H]4C(=O)N(CN5CCSCC5)C(=O)[C@@H]34)[C@H]21. The molecule has 4 aliphatic carbocycles. The zero-order chi connectivity index (χ0) is 23.1. The Morgan fingerprint density at radius 1 is 0.588 bits per heavy atom. The number of allylic oxidation sites excluding steroid dienone is 2. The average Bonchev–Trinajstić information content (AvgIpc) is 3.21. The van der Waals surface area contributed by atoms with E-state index in [0.717, 1.165) is 49.2 Å². The maximum Gasteiger partial charge on any atom is 0.234 e. The van der Waals surface area contributed by atoms with Crippen LogP contribution in [0, 0.1) is 47.3 Å². The van der Waals surface area contributed by atoms with Gasteiger partial charge in [-0.25, -0.2) is 0 Å². The van der Waals surface area contributed by atoms with Gasteiger partial charge in [-0.2, -0.15) is 23.5 Å². The number of thioether (sulfide) groups is 2. The van der Waals surface area contributed by atoms with Crippen LogP contribution in [-0.4, -0.2) is 106 Å². The van der Waals surface area contributed by atoms with Gasteiger partial charge in [0, 0.05) is 49.2 Å². The van der Waals surface area contributed by atoms with Gasteiger partial charge in [-0.05, 0) is 23.7 Å². The summed E-state index contributed by atoms with van der Waals surface area (Å²) in [6.07, 6.45) is 4.19. The quantitative estimate of drug-likeness (QED) is 0.400. The Kier molecular flexibility index (Phi) is 5.20. The Morgan fingerprint density at radius 3 is 1.32 bits per heavy atom. The second kappa shape index (κ2) is 8.08. The minimum absolute atomic E-state index is 0.0164. The maximum absolute atomic E-state index is 13.5. The molecule has 0 N–H and O–H groups in total. The fraction of sp³-hybridized carbons (Fsp3) is 0.750. The van der Waals surface area contributed by atoms with Crippen LogP contribution in [0.4, 0.5) is 0 Å². The number of carbonyl (C=O) groups is 4. The Balaban J connectivity index is 1.13. The summed E-state index contributed by atoms with van der Waals surface area (Å²) in [5, 5.41) is 0. The highest BCUT2D eigenvalue weighted by molar-refractivity contribution is 7.99. The van der Waals surface area contributed by atoms with Crippen molar-refractivity contribution in [1.29, 1.82) is 0 Å². The normalized spacial score (nSPS) is 43.9. The molecule has 8 atom stereocenters. The molecule has 0 aromatic rings. The van der Waals surface area contributed by atoms with Gasteiger partial charge in [-0.15, -0.1) is 0 Å². The lowest BCUT2D eigenvalue weighted by Gasteiger charge is -2.60. The standard InChI is InChI=1S/C24H30N4O4S2/c29-21-17-13-1-2-14(18(17)22(30)27(21)11-25-3-7-33-8-4-25)16-15(13)19-20(16)24(32)28(23(19)31)12-26-5-9-34-10-6-26/h1-2,13-20H,3-12H2/t13-,14+,15+,16-,17-,18-,19+,20-/m0/s1. The van der Waals surface area contributed by atoms with E-state index in [4.69, 9.17) is 0 Å². The first kappa shape index (κ1) is 21.9. The molecule has 0 unspecified atom stereocenters. The van der Waals surface area contributed by atoms with Crippen LogP contribution in [0.1, 0.15) is 0 Å². The van der Waals surface area contributed by atoms with E-state index in [1.54, 1.807) is 0 Å². The number of hydrogen-bond acceptors (Lipinski definition) is 8. The Labute approximate surface area is 207 Å². The molecule has 10 heteroatoms. The molecule has 4 heterocycles. The number of rotatable bonds is 4. The van der Waals surface area contributed by atoms with Gasteiger partial charge in [0.2, 0.25) is 23.6 Å². The van der Waals surface area contributed by atoms with E-state index in [1.165, 1.54) is 9.80 Å². The van der Waals surface area contributed by atoms with Crippen molar-refractivity contribution in [2.45, 2.75) is 0 Å². The summed E-state index contributed by atoms with van der Waals surface area (Å²) in [4.78, 5) is 61.3. The van der Waals surface area contributed by atoms with Crippen LogP contribution in [0.5, 0.6) is 0 Å². The predicted octanol–water partition coefficient (Wildman–Crippen LogP) is 0.263. The number of hydrogen-bond donors (Lipinski definition) is 0. The van der Waals surface area contributed by atoms with E-state index in [2.05, 4.69) is 22.0 Å². The second-order valence-corrected chi connectivity index (χ2v) is 13.2. The maximum atomic E-state index is 13.5. The molecule has 4 amide bonds. The molecular weight excluding hydrogens is 472 g/mol. The number of likely N-dealkylation sites (tertiary alicyclic amines) is 2.